The highest BCUT2D eigenvalue weighted by Crippen LogP contribution is 2.27. The first-order valence-corrected chi connectivity index (χ1v) is 8.53. The van der Waals surface area contributed by atoms with Gasteiger partial charge in [0.2, 0.25) is 10.0 Å². The van der Waals surface area contributed by atoms with Crippen LogP contribution in [0.1, 0.15) is 30.9 Å². The Hall–Kier alpha value is -1.05. The topological polar surface area (TPSA) is 76.3 Å². The molecule has 0 amide bonds. The van der Waals surface area contributed by atoms with E-state index < -0.39 is 21.9 Å². The van der Waals surface area contributed by atoms with Gasteiger partial charge in [-0.25, -0.2) is 17.1 Å². The summed E-state index contributed by atoms with van der Waals surface area (Å²) in [5.74, 6) is -0.239. The highest BCUT2D eigenvalue weighted by molar-refractivity contribution is 7.88. The largest absolute Gasteiger partial charge is 0.324 e. The average molecular weight is 301 g/mol. The first kappa shape index (κ1) is 15.3. The fourth-order valence-electron chi connectivity index (χ4n) is 2.69. The van der Waals surface area contributed by atoms with Crippen molar-refractivity contribution in [3.63, 3.8) is 0 Å². The number of nitrogens with two attached hydrogens (primary N) is 1. The molecule has 20 heavy (non-hydrogen) atoms. The van der Waals surface area contributed by atoms with E-state index in [0.717, 1.165) is 19.0 Å². The molecule has 1 aromatic rings. The third kappa shape index (κ3) is 3.74. The summed E-state index contributed by atoms with van der Waals surface area (Å²) < 4.78 is 38.2. The maximum absolute atomic E-state index is 13.6. The number of sulfonamides is 1. The van der Waals surface area contributed by atoms with E-state index in [2.05, 4.69) is 4.98 Å². The lowest BCUT2D eigenvalue weighted by molar-refractivity contribution is 0.246. The van der Waals surface area contributed by atoms with Crippen molar-refractivity contribution >= 4 is 10.0 Å². The van der Waals surface area contributed by atoms with Crippen LogP contribution < -0.4 is 5.73 Å². The summed E-state index contributed by atoms with van der Waals surface area (Å²) in [6.45, 7) is 1.04. The predicted molar refractivity (Wildman–Crippen MR) is 74.9 cm³/mol. The van der Waals surface area contributed by atoms with E-state index in [1.165, 1.54) is 16.8 Å². The van der Waals surface area contributed by atoms with Crippen molar-refractivity contribution in [2.45, 2.75) is 25.3 Å². The summed E-state index contributed by atoms with van der Waals surface area (Å²) in [6, 6.07) is 1.15. The molecule has 0 saturated carbocycles. The van der Waals surface area contributed by atoms with Crippen LogP contribution in [0, 0.1) is 11.7 Å². The van der Waals surface area contributed by atoms with Gasteiger partial charge in [0.25, 0.3) is 0 Å². The maximum Gasteiger partial charge on any atom is 0.211 e. The number of halogens is 1. The van der Waals surface area contributed by atoms with E-state index in [1.54, 1.807) is 6.07 Å². The lowest BCUT2D eigenvalue weighted by Gasteiger charge is -2.32. The molecule has 5 nitrogen and oxygen atoms in total. The van der Waals surface area contributed by atoms with Crippen LogP contribution in [-0.4, -0.2) is 37.1 Å². The second-order valence-corrected chi connectivity index (χ2v) is 7.35. The van der Waals surface area contributed by atoms with Crippen LogP contribution >= 0.6 is 0 Å². The minimum atomic E-state index is -3.16. The standard InChI is InChI=1S/C13H20FN3O2S/c1-20(18,19)17-6-2-3-10(9-17)7-13(15)11-4-5-16-8-12(11)14/h4-5,8,10,13H,2-3,6-7,9,15H2,1H3. The van der Waals surface area contributed by atoms with Crippen molar-refractivity contribution in [1.29, 1.82) is 0 Å². The molecule has 1 saturated heterocycles. The van der Waals surface area contributed by atoms with E-state index in [1.807, 2.05) is 0 Å². The SMILES string of the molecule is CS(=O)(=O)N1CCCC(CC(N)c2ccncc2F)C1. The minimum Gasteiger partial charge on any atom is -0.324 e. The zero-order chi connectivity index (χ0) is 14.8. The third-order valence-corrected chi connectivity index (χ3v) is 5.01. The number of rotatable bonds is 4. The van der Waals surface area contributed by atoms with Crippen LogP contribution in [0.2, 0.25) is 0 Å². The Kier molecular flexibility index (Phi) is 4.72. The van der Waals surface area contributed by atoms with Gasteiger partial charge in [0.05, 0.1) is 12.5 Å². The van der Waals surface area contributed by atoms with Crippen LogP contribution in [0.25, 0.3) is 0 Å². The molecule has 1 aliphatic rings. The Morgan fingerprint density at radius 2 is 2.35 bits per heavy atom. The van der Waals surface area contributed by atoms with Crippen LogP contribution in [0.4, 0.5) is 4.39 Å². The van der Waals surface area contributed by atoms with Crippen LogP contribution in [0.15, 0.2) is 18.5 Å². The molecule has 2 rings (SSSR count). The molecule has 0 aliphatic carbocycles. The molecular weight excluding hydrogens is 281 g/mol. The van der Waals surface area contributed by atoms with Gasteiger partial charge in [-0.15, -0.1) is 0 Å². The summed E-state index contributed by atoms with van der Waals surface area (Å²) in [5, 5.41) is 0. The van der Waals surface area contributed by atoms with Crippen molar-refractivity contribution in [1.82, 2.24) is 9.29 Å². The third-order valence-electron chi connectivity index (χ3n) is 3.74. The number of pyridine rings is 1. The molecule has 112 valence electrons. The summed E-state index contributed by atoms with van der Waals surface area (Å²) in [4.78, 5) is 3.70. The molecule has 0 aromatic carbocycles. The van der Waals surface area contributed by atoms with Crippen LogP contribution in [0.5, 0.6) is 0 Å². The molecule has 1 aliphatic heterocycles. The van der Waals surface area contributed by atoms with Gasteiger partial charge in [0.1, 0.15) is 5.82 Å². The lowest BCUT2D eigenvalue weighted by atomic mass is 9.90. The molecule has 0 radical (unpaired) electrons. The minimum absolute atomic E-state index is 0.168. The predicted octanol–water partition coefficient (Wildman–Crippen LogP) is 1.28. The fraction of sp³-hybridized carbons (Fsp3) is 0.615. The number of hydrogen-bond acceptors (Lipinski definition) is 4. The second-order valence-electron chi connectivity index (χ2n) is 5.37. The van der Waals surface area contributed by atoms with Crippen molar-refractivity contribution in [2.75, 3.05) is 19.3 Å². The molecule has 0 bridgehead atoms. The van der Waals surface area contributed by atoms with E-state index >= 15 is 0 Å². The maximum atomic E-state index is 13.6. The number of piperidine rings is 1. The quantitative estimate of drug-likeness (QED) is 0.909. The van der Waals surface area contributed by atoms with Gasteiger partial charge in [-0.2, -0.15) is 0 Å². The molecule has 7 heteroatoms. The monoisotopic (exact) mass is 301 g/mol. The zero-order valence-electron chi connectivity index (χ0n) is 11.5. The van der Waals surface area contributed by atoms with Crippen molar-refractivity contribution in [3.05, 3.63) is 29.8 Å². The molecule has 2 heterocycles. The van der Waals surface area contributed by atoms with Gasteiger partial charge in [0.15, 0.2) is 0 Å². The highest BCUT2D eigenvalue weighted by atomic mass is 32.2. The summed E-state index contributed by atoms with van der Waals surface area (Å²) in [5.41, 5.74) is 6.49. The Balaban J connectivity index is 2.01. The Morgan fingerprint density at radius 1 is 1.60 bits per heavy atom. The Labute approximate surface area is 119 Å². The fourth-order valence-corrected chi connectivity index (χ4v) is 3.64. The number of nitrogens with zero attached hydrogens (tertiary/aromatic N) is 2. The second kappa shape index (κ2) is 6.15. The molecule has 2 N–H and O–H groups in total. The van der Waals surface area contributed by atoms with Crippen molar-refractivity contribution in [2.24, 2.45) is 11.7 Å². The van der Waals surface area contributed by atoms with Gasteiger partial charge < -0.3 is 5.73 Å². The molecule has 1 aromatic heterocycles. The molecule has 2 unspecified atom stereocenters. The van der Waals surface area contributed by atoms with Gasteiger partial charge in [-0.3, -0.25) is 4.98 Å². The van der Waals surface area contributed by atoms with Crippen LogP contribution in [-0.2, 0) is 10.0 Å². The van der Waals surface area contributed by atoms with Gasteiger partial charge in [-0.05, 0) is 31.2 Å². The summed E-state index contributed by atoms with van der Waals surface area (Å²) in [7, 11) is -3.16. The van der Waals surface area contributed by atoms with Gasteiger partial charge in [0, 0.05) is 30.9 Å². The van der Waals surface area contributed by atoms with E-state index in [0.29, 0.717) is 25.1 Å². The first-order chi connectivity index (χ1) is 9.38. The first-order valence-electron chi connectivity index (χ1n) is 6.68. The number of hydrogen-bond donors (Lipinski definition) is 1. The summed E-state index contributed by atoms with van der Waals surface area (Å²) in [6.07, 6.45) is 6.21. The Bertz CT molecular complexity index is 564. The van der Waals surface area contributed by atoms with Gasteiger partial charge >= 0.3 is 0 Å². The summed E-state index contributed by atoms with van der Waals surface area (Å²) >= 11 is 0. The van der Waals surface area contributed by atoms with Crippen molar-refractivity contribution < 1.29 is 12.8 Å². The molecule has 1 fully saturated rings. The normalized spacial score (nSPS) is 22.6. The zero-order valence-corrected chi connectivity index (χ0v) is 12.3. The van der Waals surface area contributed by atoms with E-state index in [9.17, 15) is 12.8 Å². The van der Waals surface area contributed by atoms with E-state index in [-0.39, 0.29) is 5.92 Å². The molecular formula is C13H20FN3O2S. The molecule has 0 spiro atoms. The lowest BCUT2D eigenvalue weighted by Crippen LogP contribution is -2.40. The Morgan fingerprint density at radius 3 is 3.00 bits per heavy atom. The molecule has 2 atom stereocenters. The smallest absolute Gasteiger partial charge is 0.211 e. The highest BCUT2D eigenvalue weighted by Gasteiger charge is 2.27. The average Bonchev–Trinajstić information content (AvgIpc) is 2.38. The van der Waals surface area contributed by atoms with Crippen molar-refractivity contribution in [3.8, 4) is 0 Å². The number of aromatic nitrogens is 1. The van der Waals surface area contributed by atoms with E-state index in [4.69, 9.17) is 5.73 Å². The van der Waals surface area contributed by atoms with Gasteiger partial charge in [-0.1, -0.05) is 0 Å². The van der Waals surface area contributed by atoms with Crippen LogP contribution in [0.3, 0.4) is 0 Å².